The number of β-amino-alcohol motifs (C(OH)–C–C–N with tert-alkyl or cyclic N) is 1. The Morgan fingerprint density at radius 3 is 2.45 bits per heavy atom. The zero-order valence-corrected chi connectivity index (χ0v) is 7.45. The quantitative estimate of drug-likeness (QED) is 0.619. The zero-order valence-electron chi connectivity index (χ0n) is 7.45. The van der Waals surface area contributed by atoms with Crippen LogP contribution < -0.4 is 0 Å². The van der Waals surface area contributed by atoms with Gasteiger partial charge in [-0.3, -0.25) is 0 Å². The molecule has 0 aliphatic carbocycles. The first-order valence-corrected chi connectivity index (χ1v) is 4.11. The number of aliphatic hydroxyl groups excluding tert-OH is 1. The number of nitrogens with zero attached hydrogens (tertiary/aromatic N) is 1. The van der Waals surface area contributed by atoms with Gasteiger partial charge in [0.2, 0.25) is 0 Å². The average molecular weight is 159 g/mol. The summed E-state index contributed by atoms with van der Waals surface area (Å²) in [5, 5.41) is 9.44. The Hall–Kier alpha value is -0.120. The van der Waals surface area contributed by atoms with E-state index in [1.165, 1.54) is 0 Å². The minimum Gasteiger partial charge on any atom is -0.389 e. The molecule has 2 atom stereocenters. The lowest BCUT2D eigenvalue weighted by Gasteiger charge is -2.17. The van der Waals surface area contributed by atoms with Gasteiger partial charge in [-0.1, -0.05) is 0 Å². The monoisotopic (exact) mass is 159 g/mol. The second kappa shape index (κ2) is 3.52. The van der Waals surface area contributed by atoms with E-state index in [9.17, 15) is 5.11 Å². The summed E-state index contributed by atoms with van der Waals surface area (Å²) in [7, 11) is 1.99. The predicted molar refractivity (Wildman–Crippen MR) is 43.5 cm³/mol. The number of ether oxygens (including phenoxy) is 1. The molecular formula is C8H17NO2. The van der Waals surface area contributed by atoms with Crippen molar-refractivity contribution in [2.24, 2.45) is 0 Å². The first-order chi connectivity index (χ1) is 5.09. The van der Waals surface area contributed by atoms with E-state index in [0.29, 0.717) is 0 Å². The van der Waals surface area contributed by atoms with Crippen molar-refractivity contribution in [1.82, 2.24) is 4.90 Å². The van der Waals surface area contributed by atoms with Crippen molar-refractivity contribution in [3.8, 4) is 0 Å². The van der Waals surface area contributed by atoms with Crippen molar-refractivity contribution < 1.29 is 9.84 Å². The van der Waals surface area contributed by atoms with Gasteiger partial charge in [-0.2, -0.15) is 0 Å². The summed E-state index contributed by atoms with van der Waals surface area (Å²) in [6.07, 6.45) is -0.0800. The molecule has 0 aromatic carbocycles. The van der Waals surface area contributed by atoms with Gasteiger partial charge < -0.3 is 14.7 Å². The van der Waals surface area contributed by atoms with Crippen LogP contribution in [0.5, 0.6) is 0 Å². The topological polar surface area (TPSA) is 32.7 Å². The third-order valence-corrected chi connectivity index (χ3v) is 1.87. The van der Waals surface area contributed by atoms with E-state index in [-0.39, 0.29) is 18.3 Å². The van der Waals surface area contributed by atoms with E-state index in [4.69, 9.17) is 4.74 Å². The molecular weight excluding hydrogens is 142 g/mol. The lowest BCUT2D eigenvalue weighted by molar-refractivity contribution is -0.0394. The highest BCUT2D eigenvalue weighted by Crippen LogP contribution is 2.12. The van der Waals surface area contributed by atoms with Gasteiger partial charge in [-0.15, -0.1) is 0 Å². The smallest absolute Gasteiger partial charge is 0.0976 e. The van der Waals surface area contributed by atoms with Crippen LogP contribution >= 0.6 is 0 Å². The molecule has 0 amide bonds. The van der Waals surface area contributed by atoms with Crippen LogP contribution in [0.2, 0.25) is 0 Å². The summed E-state index contributed by atoms with van der Waals surface area (Å²) in [5.74, 6) is 0. The molecule has 1 aliphatic rings. The van der Waals surface area contributed by atoms with E-state index in [1.54, 1.807) is 0 Å². The van der Waals surface area contributed by atoms with Crippen molar-refractivity contribution in [3.05, 3.63) is 0 Å². The number of aliphatic hydroxyl groups is 1. The van der Waals surface area contributed by atoms with E-state index in [2.05, 4.69) is 4.90 Å². The van der Waals surface area contributed by atoms with Gasteiger partial charge in [-0.05, 0) is 20.9 Å². The first-order valence-electron chi connectivity index (χ1n) is 4.11. The Labute approximate surface area is 68.0 Å². The molecule has 0 aromatic rings. The Bertz CT molecular complexity index is 127. The number of likely N-dealkylation sites (N-methyl/N-ethyl adjacent to an activating group) is 1. The third kappa shape index (κ3) is 2.43. The number of hydrogen-bond donors (Lipinski definition) is 1. The van der Waals surface area contributed by atoms with E-state index >= 15 is 0 Å². The van der Waals surface area contributed by atoms with Crippen molar-refractivity contribution >= 4 is 0 Å². The summed E-state index contributed by atoms with van der Waals surface area (Å²) < 4.78 is 5.50. The molecule has 0 spiro atoms. The van der Waals surface area contributed by atoms with Crippen LogP contribution in [0.4, 0.5) is 0 Å². The fraction of sp³-hybridized carbons (Fsp3) is 1.00. The highest BCUT2D eigenvalue weighted by molar-refractivity contribution is 4.82. The molecule has 11 heavy (non-hydrogen) atoms. The zero-order chi connectivity index (χ0) is 8.43. The fourth-order valence-corrected chi connectivity index (χ4v) is 1.42. The molecule has 2 unspecified atom stereocenters. The predicted octanol–water partition coefficient (Wildman–Crippen LogP) is 0.0863. The number of rotatable bonds is 2. The fourth-order valence-electron chi connectivity index (χ4n) is 1.42. The molecule has 3 heteroatoms. The minimum absolute atomic E-state index is 0.0139. The van der Waals surface area contributed by atoms with Crippen molar-refractivity contribution in [2.45, 2.75) is 32.2 Å². The summed E-state index contributed by atoms with van der Waals surface area (Å²) >= 11 is 0. The maximum absolute atomic E-state index is 9.44. The molecule has 1 fully saturated rings. The molecule has 0 aromatic heterocycles. The Morgan fingerprint density at radius 2 is 2.09 bits per heavy atom. The molecule has 0 radical (unpaired) electrons. The van der Waals surface area contributed by atoms with Gasteiger partial charge in [0.1, 0.15) is 0 Å². The van der Waals surface area contributed by atoms with Crippen LogP contribution in [0.25, 0.3) is 0 Å². The maximum atomic E-state index is 9.44. The van der Waals surface area contributed by atoms with Gasteiger partial charge in [-0.25, -0.2) is 0 Å². The van der Waals surface area contributed by atoms with Crippen molar-refractivity contribution in [2.75, 3.05) is 20.1 Å². The molecule has 1 heterocycles. The van der Waals surface area contributed by atoms with Crippen LogP contribution in [0, 0.1) is 0 Å². The molecule has 3 nitrogen and oxygen atoms in total. The normalized spacial score (nSPS) is 33.5. The second-order valence-corrected chi connectivity index (χ2v) is 3.51. The van der Waals surface area contributed by atoms with Gasteiger partial charge in [0.05, 0.1) is 18.3 Å². The van der Waals surface area contributed by atoms with Crippen molar-refractivity contribution in [1.29, 1.82) is 0 Å². The Morgan fingerprint density at radius 1 is 1.45 bits per heavy atom. The highest BCUT2D eigenvalue weighted by atomic mass is 16.5. The van der Waals surface area contributed by atoms with Crippen LogP contribution in [0.1, 0.15) is 13.8 Å². The standard InChI is InChI=1S/C8H17NO2/c1-6(2)11-8-5-9(3)4-7(8)10/h6-8,10H,4-5H2,1-3H3. The summed E-state index contributed by atoms with van der Waals surface area (Å²) in [4.78, 5) is 2.08. The minimum atomic E-state index is -0.303. The molecule has 0 bridgehead atoms. The lowest BCUT2D eigenvalue weighted by Crippen LogP contribution is -2.29. The molecule has 1 aliphatic heterocycles. The average Bonchev–Trinajstić information content (AvgIpc) is 2.09. The van der Waals surface area contributed by atoms with E-state index in [0.717, 1.165) is 13.1 Å². The highest BCUT2D eigenvalue weighted by Gasteiger charge is 2.30. The SMILES string of the molecule is CC(C)OC1CN(C)CC1O. The Kier molecular flexibility index (Phi) is 2.87. The van der Waals surface area contributed by atoms with Crippen LogP contribution in [0.15, 0.2) is 0 Å². The molecule has 1 rings (SSSR count). The van der Waals surface area contributed by atoms with E-state index in [1.807, 2.05) is 20.9 Å². The molecule has 66 valence electrons. The third-order valence-electron chi connectivity index (χ3n) is 1.87. The second-order valence-electron chi connectivity index (χ2n) is 3.51. The van der Waals surface area contributed by atoms with Crippen molar-refractivity contribution in [3.63, 3.8) is 0 Å². The molecule has 1 saturated heterocycles. The Balaban J connectivity index is 2.34. The summed E-state index contributed by atoms with van der Waals surface area (Å²) in [6, 6.07) is 0. The van der Waals surface area contributed by atoms with Gasteiger partial charge in [0.15, 0.2) is 0 Å². The van der Waals surface area contributed by atoms with Gasteiger partial charge in [0.25, 0.3) is 0 Å². The van der Waals surface area contributed by atoms with Crippen LogP contribution in [0.3, 0.4) is 0 Å². The van der Waals surface area contributed by atoms with Gasteiger partial charge in [0, 0.05) is 13.1 Å². The summed E-state index contributed by atoms with van der Waals surface area (Å²) in [5.41, 5.74) is 0. The van der Waals surface area contributed by atoms with E-state index < -0.39 is 0 Å². The number of hydrogen-bond acceptors (Lipinski definition) is 3. The maximum Gasteiger partial charge on any atom is 0.0976 e. The largest absolute Gasteiger partial charge is 0.389 e. The number of likely N-dealkylation sites (tertiary alicyclic amines) is 1. The van der Waals surface area contributed by atoms with Gasteiger partial charge >= 0.3 is 0 Å². The molecule has 0 saturated carbocycles. The van der Waals surface area contributed by atoms with Crippen LogP contribution in [-0.4, -0.2) is 48.5 Å². The summed E-state index contributed by atoms with van der Waals surface area (Å²) in [6.45, 7) is 5.56. The van der Waals surface area contributed by atoms with Crippen LogP contribution in [-0.2, 0) is 4.74 Å². The first kappa shape index (κ1) is 8.97. The molecule has 1 N–H and O–H groups in total. The lowest BCUT2D eigenvalue weighted by atomic mass is 10.2.